The number of benzene rings is 1. The van der Waals surface area contributed by atoms with Crippen LogP contribution in [0.3, 0.4) is 0 Å². The molecule has 2 heterocycles. The standard InChI is InChI=1S/C15H17O10P.2Na/c1-6-4-10(16)24-9-5-7(2-3-8(6)9)23-14-12(18)11(17)13(19)15(25-14)26(20,21)22;;/h2-5,11-15,17-19H,1H3,(H2,20,21,22);;/q;2*+1/p-2/t11-,12-,13+,14-,15-;;/m1../s1. The molecular formula is C15H15Na2O10P. The van der Waals surface area contributed by atoms with Gasteiger partial charge < -0.3 is 39.2 Å². The van der Waals surface area contributed by atoms with Crippen molar-refractivity contribution in [1.82, 2.24) is 0 Å². The summed E-state index contributed by atoms with van der Waals surface area (Å²) in [5.41, 5.74) is 0.251. The Morgan fingerprint density at radius 2 is 1.68 bits per heavy atom. The molecule has 142 valence electrons. The maximum Gasteiger partial charge on any atom is 1.00 e. The Kier molecular flexibility index (Phi) is 9.55. The summed E-state index contributed by atoms with van der Waals surface area (Å²) in [7, 11) is -5.44. The quantitative estimate of drug-likeness (QED) is 0.240. The van der Waals surface area contributed by atoms with Gasteiger partial charge >= 0.3 is 64.7 Å². The second-order valence-electron chi connectivity index (χ2n) is 5.93. The summed E-state index contributed by atoms with van der Waals surface area (Å²) in [5.74, 6) is -2.27. The molecule has 0 aliphatic carbocycles. The zero-order valence-corrected chi connectivity index (χ0v) is 20.2. The molecule has 1 aliphatic heterocycles. The van der Waals surface area contributed by atoms with Crippen LogP contribution < -0.4 is 84.2 Å². The molecule has 1 aromatic carbocycles. The van der Waals surface area contributed by atoms with Crippen molar-refractivity contribution in [2.24, 2.45) is 0 Å². The molecular weight excluding hydrogens is 417 g/mol. The fraction of sp³-hybridized carbons (Fsp3) is 0.400. The first-order valence-electron chi connectivity index (χ1n) is 7.50. The first-order chi connectivity index (χ1) is 12.1. The maximum absolute atomic E-state index is 11.5. The second-order valence-corrected chi connectivity index (χ2v) is 7.52. The van der Waals surface area contributed by atoms with Crippen molar-refractivity contribution in [3.63, 3.8) is 0 Å². The molecule has 0 bridgehead atoms. The molecule has 2 aromatic rings. The monoisotopic (exact) mass is 432 g/mol. The van der Waals surface area contributed by atoms with Crippen LogP contribution in [0.5, 0.6) is 5.75 Å². The molecule has 1 saturated heterocycles. The summed E-state index contributed by atoms with van der Waals surface area (Å²) in [6.45, 7) is 1.70. The summed E-state index contributed by atoms with van der Waals surface area (Å²) < 4.78 is 15.2. The molecule has 1 aliphatic rings. The van der Waals surface area contributed by atoms with E-state index in [1.54, 1.807) is 13.0 Å². The van der Waals surface area contributed by atoms with Gasteiger partial charge in [-0.1, -0.05) is 0 Å². The number of fused-ring (bicyclic) bond motifs is 1. The maximum atomic E-state index is 11.5. The summed E-state index contributed by atoms with van der Waals surface area (Å²) in [4.78, 5) is 45.0. The van der Waals surface area contributed by atoms with E-state index in [1.807, 2.05) is 0 Å². The van der Waals surface area contributed by atoms with E-state index in [2.05, 4.69) is 0 Å². The Balaban J connectivity index is 0.00000196. The summed E-state index contributed by atoms with van der Waals surface area (Å²) in [6.07, 6.45) is -7.67. The van der Waals surface area contributed by atoms with Crippen LogP contribution in [0.25, 0.3) is 11.0 Å². The predicted molar refractivity (Wildman–Crippen MR) is 81.5 cm³/mol. The summed E-state index contributed by atoms with van der Waals surface area (Å²) in [6, 6.07) is 5.61. The number of aliphatic hydroxyl groups excluding tert-OH is 3. The van der Waals surface area contributed by atoms with Gasteiger partial charge in [-0.15, -0.1) is 7.94 Å². The van der Waals surface area contributed by atoms with Gasteiger partial charge in [0.2, 0.25) is 6.29 Å². The van der Waals surface area contributed by atoms with Gasteiger partial charge in [0.1, 0.15) is 29.6 Å². The number of aliphatic hydroxyl groups is 3. The van der Waals surface area contributed by atoms with E-state index in [9.17, 15) is 34.8 Å². The summed E-state index contributed by atoms with van der Waals surface area (Å²) >= 11 is 0. The molecule has 3 rings (SSSR count). The Morgan fingerprint density at radius 3 is 2.29 bits per heavy atom. The number of hydrogen-bond donors (Lipinski definition) is 3. The van der Waals surface area contributed by atoms with Gasteiger partial charge in [-0.25, -0.2) is 4.79 Å². The van der Waals surface area contributed by atoms with Crippen molar-refractivity contribution in [3.8, 4) is 5.75 Å². The second kappa shape index (κ2) is 10.1. The zero-order chi connectivity index (χ0) is 19.2. The van der Waals surface area contributed by atoms with E-state index < -0.39 is 44.0 Å². The predicted octanol–water partition coefficient (Wildman–Crippen LogP) is -8.90. The summed E-state index contributed by atoms with van der Waals surface area (Å²) in [5, 5.41) is 29.9. The Hall–Kier alpha value is 0.380. The van der Waals surface area contributed by atoms with Crippen LogP contribution in [-0.2, 0) is 4.74 Å². The van der Waals surface area contributed by atoms with E-state index in [0.29, 0.717) is 10.9 Å². The van der Waals surface area contributed by atoms with Crippen LogP contribution >= 0.6 is 7.94 Å². The van der Waals surface area contributed by atoms with Crippen molar-refractivity contribution in [2.75, 3.05) is 0 Å². The Morgan fingerprint density at radius 1 is 1.04 bits per heavy atom. The molecule has 0 saturated carbocycles. The largest absolute Gasteiger partial charge is 1.00 e. The van der Waals surface area contributed by atoms with Crippen molar-refractivity contribution < 1.29 is 103 Å². The van der Waals surface area contributed by atoms with Gasteiger partial charge in [0.05, 0.1) is 0 Å². The van der Waals surface area contributed by atoms with Gasteiger partial charge in [-0.05, 0) is 24.6 Å². The third-order valence-electron chi connectivity index (χ3n) is 4.03. The number of ether oxygens (including phenoxy) is 2. The van der Waals surface area contributed by atoms with Crippen molar-refractivity contribution in [3.05, 3.63) is 40.2 Å². The smallest absolute Gasteiger partial charge is 0.686 e. The van der Waals surface area contributed by atoms with E-state index in [4.69, 9.17) is 13.9 Å². The minimum Gasteiger partial charge on any atom is -0.686 e. The molecule has 1 fully saturated rings. The SMILES string of the molecule is Cc1cc(=O)oc2cc(O[C@@H]3O[C@H]([P+]([O-])([O-])[O-])[C@@H](O)[C@H](O)[C@H]3O)ccc12.[Na+].[Na+]. The topological polar surface area (TPSA) is 179 Å². The van der Waals surface area contributed by atoms with Gasteiger partial charge in [0.15, 0.2) is 5.85 Å². The molecule has 0 amide bonds. The van der Waals surface area contributed by atoms with Crippen LogP contribution in [0.1, 0.15) is 5.56 Å². The van der Waals surface area contributed by atoms with Gasteiger partial charge in [0.25, 0.3) is 0 Å². The molecule has 0 radical (unpaired) electrons. The molecule has 28 heavy (non-hydrogen) atoms. The van der Waals surface area contributed by atoms with Gasteiger partial charge in [-0.2, -0.15) is 0 Å². The van der Waals surface area contributed by atoms with Crippen LogP contribution in [-0.4, -0.2) is 45.8 Å². The zero-order valence-electron chi connectivity index (χ0n) is 15.3. The average molecular weight is 432 g/mol. The van der Waals surface area contributed by atoms with Crippen molar-refractivity contribution >= 4 is 18.9 Å². The third kappa shape index (κ3) is 5.54. The van der Waals surface area contributed by atoms with Crippen LogP contribution in [0.4, 0.5) is 0 Å². The van der Waals surface area contributed by atoms with Crippen LogP contribution in [0.2, 0.25) is 0 Å². The normalized spacial score (nSPS) is 27.6. The van der Waals surface area contributed by atoms with E-state index in [1.165, 1.54) is 18.2 Å². The third-order valence-corrected chi connectivity index (χ3v) is 5.08. The number of hydrogen-bond acceptors (Lipinski definition) is 10. The first-order valence-corrected chi connectivity index (χ1v) is 9.11. The van der Waals surface area contributed by atoms with Crippen molar-refractivity contribution in [2.45, 2.75) is 37.4 Å². The fourth-order valence-electron chi connectivity index (χ4n) is 2.70. The molecule has 1 aromatic heterocycles. The molecule has 13 heteroatoms. The first kappa shape index (κ1) is 26.4. The van der Waals surface area contributed by atoms with Gasteiger partial charge in [0, 0.05) is 17.5 Å². The molecule has 0 unspecified atom stereocenters. The average Bonchev–Trinajstić information content (AvgIpc) is 2.53. The minimum atomic E-state index is -5.44. The Labute approximate surface area is 203 Å². The molecule has 5 atom stereocenters. The molecule has 0 spiro atoms. The molecule has 10 nitrogen and oxygen atoms in total. The molecule has 3 N–H and O–H groups in total. The number of aryl methyl sites for hydroxylation is 1. The van der Waals surface area contributed by atoms with Crippen molar-refractivity contribution in [1.29, 1.82) is 0 Å². The van der Waals surface area contributed by atoms with Crippen LogP contribution in [0, 0.1) is 6.92 Å². The minimum absolute atomic E-state index is 0. The number of rotatable bonds is 3. The van der Waals surface area contributed by atoms with Gasteiger partial charge in [-0.3, -0.25) is 4.74 Å². The van der Waals surface area contributed by atoms with E-state index in [-0.39, 0.29) is 70.4 Å². The van der Waals surface area contributed by atoms with E-state index in [0.717, 1.165) is 0 Å². The Bertz CT molecular complexity index is 870. The van der Waals surface area contributed by atoms with E-state index >= 15 is 0 Å². The van der Waals surface area contributed by atoms with Crippen LogP contribution in [0.15, 0.2) is 33.5 Å². The fourth-order valence-corrected chi connectivity index (χ4v) is 3.52.